The molecule has 1 heterocycles. The average Bonchev–Trinajstić information content (AvgIpc) is 3.84. The van der Waals surface area contributed by atoms with Gasteiger partial charge in [-0.05, 0) is 133 Å². The third kappa shape index (κ3) is 4.85. The molecule has 0 atom stereocenters. The number of aromatic nitrogens is 1. The summed E-state index contributed by atoms with van der Waals surface area (Å²) in [6.07, 6.45) is 0. The van der Waals surface area contributed by atoms with Crippen LogP contribution in [0.15, 0.2) is 231 Å². The van der Waals surface area contributed by atoms with Crippen LogP contribution < -0.4 is 4.90 Å². The molecule has 2 aliphatic carbocycles. The summed E-state index contributed by atoms with van der Waals surface area (Å²) < 4.78 is 2.38. The monoisotopic (exact) mass is 774 g/mol. The Kier molecular flexibility index (Phi) is 7.26. The highest BCUT2D eigenvalue weighted by atomic mass is 15.1. The molecule has 13 rings (SSSR count). The van der Waals surface area contributed by atoms with Gasteiger partial charge < -0.3 is 9.47 Å². The fourth-order valence-corrected chi connectivity index (χ4v) is 10.8. The predicted octanol–water partition coefficient (Wildman–Crippen LogP) is 15.4. The Balaban J connectivity index is 1.00. The van der Waals surface area contributed by atoms with Crippen LogP contribution in [0.5, 0.6) is 0 Å². The fraction of sp³-hybridized carbons (Fsp3) is 0.0169. The number of benzene rings is 10. The Morgan fingerprint density at radius 2 is 0.918 bits per heavy atom. The summed E-state index contributed by atoms with van der Waals surface area (Å²) in [5, 5.41) is 5.13. The van der Waals surface area contributed by atoms with E-state index in [1.54, 1.807) is 0 Å². The Morgan fingerprint density at radius 1 is 0.328 bits per heavy atom. The van der Waals surface area contributed by atoms with E-state index in [2.05, 4.69) is 240 Å². The third-order valence-electron chi connectivity index (χ3n) is 13.3. The van der Waals surface area contributed by atoms with Crippen molar-refractivity contribution in [1.29, 1.82) is 0 Å². The molecule has 2 heteroatoms. The minimum absolute atomic E-state index is 0.322. The van der Waals surface area contributed by atoms with Crippen molar-refractivity contribution in [3.63, 3.8) is 0 Å². The molecule has 10 aromatic carbocycles. The molecule has 0 amide bonds. The van der Waals surface area contributed by atoms with E-state index in [-0.39, 0.29) is 5.41 Å². The van der Waals surface area contributed by atoms with E-state index < -0.39 is 0 Å². The topological polar surface area (TPSA) is 8.17 Å². The van der Waals surface area contributed by atoms with Crippen molar-refractivity contribution < 1.29 is 0 Å². The van der Waals surface area contributed by atoms with E-state index in [0.29, 0.717) is 0 Å². The summed E-state index contributed by atoms with van der Waals surface area (Å²) in [4.78, 5) is 2.46. The van der Waals surface area contributed by atoms with Gasteiger partial charge in [0.2, 0.25) is 0 Å². The number of nitrogens with zero attached hydrogens (tertiary/aromatic N) is 2. The Labute approximate surface area is 354 Å². The van der Waals surface area contributed by atoms with E-state index in [9.17, 15) is 0 Å². The molecule has 1 aromatic heterocycles. The number of anilines is 3. The minimum Gasteiger partial charge on any atom is -0.310 e. The van der Waals surface area contributed by atoms with Crippen molar-refractivity contribution in [2.24, 2.45) is 0 Å². The van der Waals surface area contributed by atoms with Gasteiger partial charge in [-0.3, -0.25) is 0 Å². The van der Waals surface area contributed by atoms with Crippen molar-refractivity contribution in [1.82, 2.24) is 4.57 Å². The Bertz CT molecular complexity index is 3480. The van der Waals surface area contributed by atoms with Crippen LogP contribution >= 0.6 is 0 Å². The average molecular weight is 775 g/mol. The van der Waals surface area contributed by atoms with Crippen LogP contribution in [0.1, 0.15) is 22.3 Å². The van der Waals surface area contributed by atoms with Crippen LogP contribution in [0.2, 0.25) is 0 Å². The first kappa shape index (κ1) is 34.0. The lowest BCUT2D eigenvalue weighted by Crippen LogP contribution is -2.36. The molecule has 0 bridgehead atoms. The molecule has 0 unspecified atom stereocenters. The Morgan fingerprint density at radius 3 is 1.70 bits per heavy atom. The van der Waals surface area contributed by atoms with Gasteiger partial charge in [0.15, 0.2) is 0 Å². The molecule has 0 aliphatic heterocycles. The molecule has 0 fully saturated rings. The highest BCUT2D eigenvalue weighted by Gasteiger charge is 2.53. The van der Waals surface area contributed by atoms with Crippen molar-refractivity contribution in [2.45, 2.75) is 5.41 Å². The fourth-order valence-electron chi connectivity index (χ4n) is 10.8. The van der Waals surface area contributed by atoms with Crippen LogP contribution in [0.4, 0.5) is 17.1 Å². The van der Waals surface area contributed by atoms with Crippen LogP contribution in [-0.4, -0.2) is 4.57 Å². The molecule has 61 heavy (non-hydrogen) atoms. The highest BCUT2D eigenvalue weighted by Crippen LogP contribution is 2.64. The molecular weight excluding hydrogens is 737 g/mol. The molecule has 11 aromatic rings. The lowest BCUT2D eigenvalue weighted by Gasteiger charge is -2.44. The van der Waals surface area contributed by atoms with Gasteiger partial charge in [-0.25, -0.2) is 0 Å². The summed E-state index contributed by atoms with van der Waals surface area (Å²) >= 11 is 0. The molecular formula is C59H38N2. The number of fused-ring (bicyclic) bond motifs is 10. The number of para-hydroxylation sites is 2. The van der Waals surface area contributed by atoms with Gasteiger partial charge in [0.25, 0.3) is 0 Å². The van der Waals surface area contributed by atoms with Gasteiger partial charge in [-0.15, -0.1) is 0 Å². The summed E-state index contributed by atoms with van der Waals surface area (Å²) in [5.41, 5.74) is 19.6. The minimum atomic E-state index is -0.322. The van der Waals surface area contributed by atoms with Crippen LogP contribution in [0.25, 0.3) is 71.6 Å². The van der Waals surface area contributed by atoms with Gasteiger partial charge in [0, 0.05) is 33.5 Å². The van der Waals surface area contributed by atoms with Gasteiger partial charge >= 0.3 is 0 Å². The molecule has 0 saturated carbocycles. The number of hydrogen-bond acceptors (Lipinski definition) is 1. The summed E-state index contributed by atoms with van der Waals surface area (Å²) in [5.74, 6) is 0. The van der Waals surface area contributed by atoms with Gasteiger partial charge in [-0.2, -0.15) is 0 Å². The van der Waals surface area contributed by atoms with Gasteiger partial charge in [0.1, 0.15) is 0 Å². The van der Waals surface area contributed by atoms with Gasteiger partial charge in [0.05, 0.1) is 16.4 Å². The molecule has 284 valence electrons. The van der Waals surface area contributed by atoms with Crippen molar-refractivity contribution in [3.05, 3.63) is 253 Å². The zero-order chi connectivity index (χ0) is 40.1. The van der Waals surface area contributed by atoms with E-state index in [1.807, 2.05) is 0 Å². The zero-order valence-corrected chi connectivity index (χ0v) is 33.3. The van der Waals surface area contributed by atoms with Crippen LogP contribution in [0.3, 0.4) is 0 Å². The first-order chi connectivity index (χ1) is 30.3. The van der Waals surface area contributed by atoms with E-state index in [4.69, 9.17) is 0 Å². The largest absolute Gasteiger partial charge is 0.310 e. The highest BCUT2D eigenvalue weighted by molar-refractivity contribution is 6.11. The lowest BCUT2D eigenvalue weighted by atomic mass is 9.58. The van der Waals surface area contributed by atoms with Crippen molar-refractivity contribution in [2.75, 3.05) is 4.90 Å². The second-order valence-electron chi connectivity index (χ2n) is 16.5. The van der Waals surface area contributed by atoms with E-state index in [1.165, 1.54) is 93.9 Å². The maximum atomic E-state index is 2.48. The van der Waals surface area contributed by atoms with Crippen molar-refractivity contribution in [3.8, 4) is 39.1 Å². The maximum Gasteiger partial charge on any atom is 0.0726 e. The molecule has 2 aliphatic rings. The van der Waals surface area contributed by atoms with E-state index in [0.717, 1.165) is 17.1 Å². The second kappa shape index (κ2) is 13.0. The van der Waals surface area contributed by atoms with Gasteiger partial charge in [-0.1, -0.05) is 164 Å². The van der Waals surface area contributed by atoms with Crippen LogP contribution in [0, 0.1) is 0 Å². The third-order valence-corrected chi connectivity index (χ3v) is 13.3. The first-order valence-corrected chi connectivity index (χ1v) is 21.2. The molecule has 0 N–H and O–H groups in total. The number of hydrogen-bond donors (Lipinski definition) is 0. The lowest BCUT2D eigenvalue weighted by molar-refractivity contribution is 0.745. The van der Waals surface area contributed by atoms with Crippen LogP contribution in [-0.2, 0) is 5.41 Å². The molecule has 1 spiro atoms. The smallest absolute Gasteiger partial charge is 0.0726 e. The molecule has 0 saturated heterocycles. The summed E-state index contributed by atoms with van der Waals surface area (Å²) in [6, 6.07) is 85.0. The predicted molar refractivity (Wildman–Crippen MR) is 255 cm³/mol. The summed E-state index contributed by atoms with van der Waals surface area (Å²) in [6.45, 7) is 0. The Hall–Kier alpha value is -7.94. The normalized spacial score (nSPS) is 13.0. The molecule has 0 radical (unpaired) electrons. The number of rotatable bonds is 6. The first-order valence-electron chi connectivity index (χ1n) is 21.2. The zero-order valence-electron chi connectivity index (χ0n) is 33.3. The maximum absolute atomic E-state index is 2.48. The second-order valence-corrected chi connectivity index (χ2v) is 16.5. The van der Waals surface area contributed by atoms with E-state index >= 15 is 0 Å². The SMILES string of the molecule is c1ccc(-c2ccc(N(c3cccc(-c4ccc5c(c4)c4ccccc4n5-c4ccccc4)c3)c3cc4c5c(cccc5c3)C43c4ccccc4-c4ccccc43)cc2)cc1. The van der Waals surface area contributed by atoms with Crippen molar-refractivity contribution >= 4 is 49.6 Å². The molecule has 2 nitrogen and oxygen atoms in total. The standard InChI is InChI=1S/C59H38N2/c1-3-15-39(16-4-1)40-29-32-45(33-30-40)60(47-36-43-18-14-27-54-58(43)55(38-47)59(54)52-25-10-7-22-48(52)49-23-8-11-26-53(49)59)46-21-13-17-41(35-46)42-31-34-57-51(37-42)50-24-9-12-28-56(50)61(57)44-19-5-2-6-20-44/h1-38H. The quantitative estimate of drug-likeness (QED) is 0.163. The summed E-state index contributed by atoms with van der Waals surface area (Å²) in [7, 11) is 0.